The van der Waals surface area contributed by atoms with E-state index in [0.717, 1.165) is 22.5 Å². The molecule has 3 aromatic carbocycles. The highest BCUT2D eigenvalue weighted by atomic mass is 16.5. The van der Waals surface area contributed by atoms with Gasteiger partial charge < -0.3 is 20.3 Å². The molecule has 3 aromatic rings. The number of rotatable bonds is 7. The van der Waals surface area contributed by atoms with Crippen LogP contribution in [0.15, 0.2) is 78.9 Å². The first-order chi connectivity index (χ1) is 16.5. The van der Waals surface area contributed by atoms with Crippen molar-refractivity contribution in [1.29, 1.82) is 0 Å². The van der Waals surface area contributed by atoms with Gasteiger partial charge in [0.05, 0.1) is 17.9 Å². The van der Waals surface area contributed by atoms with Crippen molar-refractivity contribution >= 4 is 46.1 Å². The van der Waals surface area contributed by atoms with Gasteiger partial charge >= 0.3 is 5.97 Å². The van der Waals surface area contributed by atoms with E-state index in [1.807, 2.05) is 54.6 Å². The van der Waals surface area contributed by atoms with E-state index in [9.17, 15) is 14.4 Å². The molecule has 2 N–H and O–H groups in total. The van der Waals surface area contributed by atoms with Crippen LogP contribution in [-0.2, 0) is 19.1 Å². The number of nitrogens with one attached hydrogen (secondary N) is 2. The minimum atomic E-state index is -0.470. The third kappa shape index (κ3) is 4.83. The molecule has 0 fully saturated rings. The van der Waals surface area contributed by atoms with E-state index < -0.39 is 5.97 Å². The quantitative estimate of drug-likeness (QED) is 0.404. The highest BCUT2D eigenvalue weighted by Gasteiger charge is 2.28. The van der Waals surface area contributed by atoms with Gasteiger partial charge in [-0.05, 0) is 42.8 Å². The number of fused-ring (bicyclic) bond motifs is 1. The zero-order valence-corrected chi connectivity index (χ0v) is 19.0. The van der Waals surface area contributed by atoms with Gasteiger partial charge in [0.25, 0.3) is 5.91 Å². The zero-order chi connectivity index (χ0) is 24.1. The summed E-state index contributed by atoms with van der Waals surface area (Å²) in [4.78, 5) is 38.3. The molecule has 0 spiro atoms. The molecule has 0 aliphatic carbocycles. The number of para-hydroxylation sites is 1. The summed E-state index contributed by atoms with van der Waals surface area (Å²) in [5.41, 5.74) is 4.98. The lowest BCUT2D eigenvalue weighted by molar-refractivity contribution is -0.142. The van der Waals surface area contributed by atoms with E-state index in [2.05, 4.69) is 10.6 Å². The number of esters is 1. The second-order valence-corrected chi connectivity index (χ2v) is 7.70. The van der Waals surface area contributed by atoms with Crippen molar-refractivity contribution < 1.29 is 19.1 Å². The van der Waals surface area contributed by atoms with Crippen LogP contribution in [0.5, 0.6) is 0 Å². The number of anilines is 3. The van der Waals surface area contributed by atoms with E-state index in [4.69, 9.17) is 4.74 Å². The normalized spacial score (nSPS) is 13.5. The van der Waals surface area contributed by atoms with Crippen molar-refractivity contribution in [2.45, 2.75) is 13.8 Å². The number of carbonyl (C=O) groups is 3. The van der Waals surface area contributed by atoms with Crippen LogP contribution < -0.4 is 15.5 Å². The number of nitrogens with zero attached hydrogens (tertiary/aromatic N) is 1. The fourth-order valence-electron chi connectivity index (χ4n) is 3.84. The topological polar surface area (TPSA) is 87.7 Å². The highest BCUT2D eigenvalue weighted by Crippen LogP contribution is 2.37. The van der Waals surface area contributed by atoms with Gasteiger partial charge in [-0.25, -0.2) is 0 Å². The minimum Gasteiger partial charge on any atom is -0.465 e. The van der Waals surface area contributed by atoms with Crippen molar-refractivity contribution in [3.05, 3.63) is 90.0 Å². The number of benzene rings is 3. The van der Waals surface area contributed by atoms with Crippen LogP contribution in [0.4, 0.5) is 17.1 Å². The Morgan fingerprint density at radius 2 is 1.62 bits per heavy atom. The fraction of sp³-hybridized carbons (Fsp3) is 0.148. The number of hydrogen-bond acceptors (Lipinski definition) is 5. The summed E-state index contributed by atoms with van der Waals surface area (Å²) < 4.78 is 4.98. The summed E-state index contributed by atoms with van der Waals surface area (Å²) in [5, 5.41) is 6.31. The molecule has 0 saturated carbocycles. The summed E-state index contributed by atoms with van der Waals surface area (Å²) in [7, 11) is 0. The van der Waals surface area contributed by atoms with Crippen molar-refractivity contribution in [3.63, 3.8) is 0 Å². The lowest BCUT2D eigenvalue weighted by Crippen LogP contribution is -2.34. The van der Waals surface area contributed by atoms with Crippen LogP contribution in [0.1, 0.15) is 25.0 Å². The summed E-state index contributed by atoms with van der Waals surface area (Å²) >= 11 is 0. The molecule has 0 saturated heterocycles. The summed E-state index contributed by atoms with van der Waals surface area (Å²) in [6.07, 6.45) is 0. The maximum Gasteiger partial charge on any atom is 0.326 e. The van der Waals surface area contributed by atoms with Gasteiger partial charge in [-0.2, -0.15) is 0 Å². The molecule has 0 radical (unpaired) electrons. The Balaban J connectivity index is 1.68. The largest absolute Gasteiger partial charge is 0.465 e. The Labute approximate surface area is 198 Å². The monoisotopic (exact) mass is 455 g/mol. The first-order valence-electron chi connectivity index (χ1n) is 11.0. The molecule has 172 valence electrons. The van der Waals surface area contributed by atoms with Crippen molar-refractivity contribution in [2.24, 2.45) is 0 Å². The lowest BCUT2D eigenvalue weighted by Gasteiger charge is -2.21. The van der Waals surface area contributed by atoms with Crippen LogP contribution in [0.2, 0.25) is 0 Å². The molecule has 2 amide bonds. The number of hydrogen-bond donors (Lipinski definition) is 2. The predicted molar refractivity (Wildman–Crippen MR) is 133 cm³/mol. The van der Waals surface area contributed by atoms with Gasteiger partial charge in [0.15, 0.2) is 0 Å². The van der Waals surface area contributed by atoms with Crippen LogP contribution in [-0.4, -0.2) is 30.9 Å². The van der Waals surface area contributed by atoms with E-state index >= 15 is 0 Å². The third-order valence-electron chi connectivity index (χ3n) is 5.41. The second kappa shape index (κ2) is 10.0. The van der Waals surface area contributed by atoms with E-state index in [0.29, 0.717) is 17.0 Å². The molecule has 7 nitrogen and oxygen atoms in total. The molecule has 1 aliphatic heterocycles. The molecule has 1 aliphatic rings. The Morgan fingerprint density at radius 1 is 0.941 bits per heavy atom. The van der Waals surface area contributed by atoms with Gasteiger partial charge in [-0.15, -0.1) is 0 Å². The Kier molecular flexibility index (Phi) is 6.73. The maximum atomic E-state index is 12.9. The average molecular weight is 456 g/mol. The maximum absolute atomic E-state index is 12.9. The summed E-state index contributed by atoms with van der Waals surface area (Å²) in [5.74, 6) is -0.914. The van der Waals surface area contributed by atoms with E-state index in [-0.39, 0.29) is 25.0 Å². The number of ether oxygens (including phenoxy) is 1. The molecular weight excluding hydrogens is 430 g/mol. The second-order valence-electron chi connectivity index (χ2n) is 7.70. The number of amides is 2. The minimum absolute atomic E-state index is 0.160. The first kappa shape index (κ1) is 22.8. The van der Waals surface area contributed by atoms with E-state index in [1.165, 1.54) is 11.8 Å². The zero-order valence-electron chi connectivity index (χ0n) is 19.0. The van der Waals surface area contributed by atoms with Crippen LogP contribution in [0, 0.1) is 0 Å². The highest BCUT2D eigenvalue weighted by molar-refractivity contribution is 6.37. The molecule has 1 heterocycles. The van der Waals surface area contributed by atoms with Crippen LogP contribution in [0.25, 0.3) is 11.3 Å². The molecule has 0 unspecified atom stereocenters. The SMILES string of the molecule is CCOC(=O)CN(C(C)=O)c1ccc(NC(=C2C(=O)Nc3ccccc32)c2ccccc2)cc1. The standard InChI is InChI=1S/C27H25N3O4/c1-3-34-24(32)17-30(18(2)31)21-15-13-20(14-16-21)28-26(19-9-5-4-6-10-19)25-22-11-7-8-12-23(22)29-27(25)33/h4-16,28H,3,17H2,1-2H3,(H,29,33). The van der Waals surface area contributed by atoms with Crippen LogP contribution in [0.3, 0.4) is 0 Å². The molecule has 34 heavy (non-hydrogen) atoms. The smallest absolute Gasteiger partial charge is 0.326 e. The van der Waals surface area contributed by atoms with Gasteiger partial charge in [0.1, 0.15) is 6.54 Å². The fourth-order valence-corrected chi connectivity index (χ4v) is 3.84. The molecule has 0 bridgehead atoms. The molecule has 7 heteroatoms. The molecule has 4 rings (SSSR count). The molecule has 0 aromatic heterocycles. The van der Waals surface area contributed by atoms with Gasteiger partial charge in [0.2, 0.25) is 5.91 Å². The van der Waals surface area contributed by atoms with Crippen molar-refractivity contribution in [2.75, 3.05) is 28.7 Å². The van der Waals surface area contributed by atoms with Crippen LogP contribution >= 0.6 is 0 Å². The first-order valence-corrected chi connectivity index (χ1v) is 11.0. The average Bonchev–Trinajstić information content (AvgIpc) is 3.17. The van der Waals surface area contributed by atoms with Crippen molar-refractivity contribution in [1.82, 2.24) is 0 Å². The number of carbonyl (C=O) groups excluding carboxylic acids is 3. The molecule has 0 atom stereocenters. The van der Waals surface area contributed by atoms with E-state index in [1.54, 1.807) is 31.2 Å². The van der Waals surface area contributed by atoms with Gasteiger partial charge in [0, 0.05) is 29.5 Å². The Hall–Kier alpha value is -4.39. The Bertz CT molecular complexity index is 1250. The van der Waals surface area contributed by atoms with Crippen molar-refractivity contribution in [3.8, 4) is 0 Å². The predicted octanol–water partition coefficient (Wildman–Crippen LogP) is 4.54. The molecular formula is C27H25N3O4. The lowest BCUT2D eigenvalue weighted by atomic mass is 10.00. The van der Waals surface area contributed by atoms with Gasteiger partial charge in [-0.1, -0.05) is 48.5 Å². The summed E-state index contributed by atoms with van der Waals surface area (Å²) in [6.45, 7) is 3.21. The van der Waals surface area contributed by atoms with Gasteiger partial charge in [-0.3, -0.25) is 14.4 Å². The summed E-state index contributed by atoms with van der Waals surface area (Å²) in [6, 6.07) is 24.3. The third-order valence-corrected chi connectivity index (χ3v) is 5.41. The Morgan fingerprint density at radius 3 is 2.29 bits per heavy atom.